The summed E-state index contributed by atoms with van der Waals surface area (Å²) in [7, 11) is 0. The number of piperidine rings is 1. The van der Waals surface area contributed by atoms with Crippen LogP contribution < -0.4 is 4.74 Å². The van der Waals surface area contributed by atoms with E-state index in [-0.39, 0.29) is 17.6 Å². The molecule has 0 aliphatic carbocycles. The molecule has 1 amide bonds. The van der Waals surface area contributed by atoms with Crippen molar-refractivity contribution in [3.05, 3.63) is 47.9 Å². The Morgan fingerprint density at radius 2 is 2.38 bits per heavy atom. The summed E-state index contributed by atoms with van der Waals surface area (Å²) in [6.07, 6.45) is 3.86. The summed E-state index contributed by atoms with van der Waals surface area (Å²) in [6.45, 7) is 3.73. The van der Waals surface area contributed by atoms with Gasteiger partial charge in [-0.25, -0.2) is 9.37 Å². The lowest BCUT2D eigenvalue weighted by atomic mass is 9.98. The van der Waals surface area contributed by atoms with E-state index in [1.54, 1.807) is 17.0 Å². The van der Waals surface area contributed by atoms with Gasteiger partial charge in [0, 0.05) is 31.5 Å². The zero-order valence-corrected chi connectivity index (χ0v) is 13.7. The van der Waals surface area contributed by atoms with Gasteiger partial charge in [-0.15, -0.1) is 0 Å². The fourth-order valence-electron chi connectivity index (χ4n) is 3.00. The molecule has 0 spiro atoms. The molecule has 5 nitrogen and oxygen atoms in total. The lowest BCUT2D eigenvalue weighted by molar-refractivity contribution is 0.0626. The second kappa shape index (κ2) is 7.47. The van der Waals surface area contributed by atoms with Gasteiger partial charge in [-0.2, -0.15) is 0 Å². The predicted octanol–water partition coefficient (Wildman–Crippen LogP) is 3.31. The number of halogens is 1. The van der Waals surface area contributed by atoms with E-state index in [2.05, 4.69) is 4.98 Å². The van der Waals surface area contributed by atoms with Gasteiger partial charge in [0.05, 0.1) is 6.61 Å². The van der Waals surface area contributed by atoms with Crippen LogP contribution in [0.1, 0.15) is 36.0 Å². The van der Waals surface area contributed by atoms with E-state index in [0.717, 1.165) is 12.8 Å². The molecular weight excluding hydrogens is 311 g/mol. The summed E-state index contributed by atoms with van der Waals surface area (Å²) in [5.41, 5.74) is 0.407. The first-order valence-electron chi connectivity index (χ1n) is 8.27. The number of hydrogen-bond donors (Lipinski definition) is 0. The maximum absolute atomic E-state index is 13.2. The van der Waals surface area contributed by atoms with Gasteiger partial charge in [0.15, 0.2) is 12.1 Å². The smallest absolute Gasteiger partial charge is 0.276 e. The Morgan fingerprint density at radius 1 is 1.50 bits per heavy atom. The molecule has 1 aliphatic heterocycles. The summed E-state index contributed by atoms with van der Waals surface area (Å²) in [5.74, 6) is 0.964. The maximum atomic E-state index is 13.2. The average molecular weight is 332 g/mol. The number of oxazole rings is 1. The summed E-state index contributed by atoms with van der Waals surface area (Å²) in [4.78, 5) is 18.5. The maximum Gasteiger partial charge on any atom is 0.276 e. The summed E-state index contributed by atoms with van der Waals surface area (Å²) in [5, 5.41) is 0. The quantitative estimate of drug-likeness (QED) is 0.843. The fraction of sp³-hybridized carbons (Fsp3) is 0.444. The molecule has 0 saturated carbocycles. The molecule has 0 unspecified atom stereocenters. The summed E-state index contributed by atoms with van der Waals surface area (Å²) < 4.78 is 24.1. The van der Waals surface area contributed by atoms with E-state index < -0.39 is 0 Å². The van der Waals surface area contributed by atoms with Crippen molar-refractivity contribution in [2.75, 3.05) is 19.7 Å². The van der Waals surface area contributed by atoms with Crippen molar-refractivity contribution in [2.24, 2.45) is 5.92 Å². The number of carbonyl (C=O) groups excluding carboxylic acids is 1. The highest BCUT2D eigenvalue weighted by molar-refractivity contribution is 5.93. The van der Waals surface area contributed by atoms with Crippen LogP contribution in [-0.4, -0.2) is 35.5 Å². The lowest BCUT2D eigenvalue weighted by Gasteiger charge is -2.32. The van der Waals surface area contributed by atoms with Crippen molar-refractivity contribution in [3.8, 4) is 5.75 Å². The molecule has 0 bridgehead atoms. The van der Waals surface area contributed by atoms with Gasteiger partial charge >= 0.3 is 0 Å². The normalized spacial score (nSPS) is 17.8. The van der Waals surface area contributed by atoms with Crippen LogP contribution in [-0.2, 0) is 6.42 Å². The molecule has 1 aromatic heterocycles. The lowest BCUT2D eigenvalue weighted by Crippen LogP contribution is -2.42. The Balaban J connectivity index is 1.59. The second-order valence-corrected chi connectivity index (χ2v) is 6.01. The van der Waals surface area contributed by atoms with E-state index in [4.69, 9.17) is 9.15 Å². The number of aromatic nitrogens is 1. The predicted molar refractivity (Wildman–Crippen MR) is 86.4 cm³/mol. The highest BCUT2D eigenvalue weighted by Crippen LogP contribution is 2.21. The van der Waals surface area contributed by atoms with Crippen LogP contribution in [0.25, 0.3) is 0 Å². The van der Waals surface area contributed by atoms with Crippen molar-refractivity contribution >= 4 is 5.91 Å². The number of likely N-dealkylation sites (tertiary alicyclic amines) is 1. The van der Waals surface area contributed by atoms with Gasteiger partial charge in [-0.3, -0.25) is 4.79 Å². The molecule has 3 rings (SSSR count). The zero-order chi connectivity index (χ0) is 16.9. The molecule has 0 N–H and O–H groups in total. The number of rotatable bonds is 5. The fourth-order valence-corrected chi connectivity index (χ4v) is 3.00. The number of nitrogens with zero attached hydrogens (tertiary/aromatic N) is 2. The van der Waals surface area contributed by atoms with Crippen molar-refractivity contribution < 1.29 is 18.3 Å². The van der Waals surface area contributed by atoms with Crippen LogP contribution in [0, 0.1) is 11.7 Å². The van der Waals surface area contributed by atoms with E-state index >= 15 is 0 Å². The molecule has 1 aromatic carbocycles. The Morgan fingerprint density at radius 3 is 3.17 bits per heavy atom. The Hall–Kier alpha value is -2.37. The molecular formula is C18H21FN2O3. The van der Waals surface area contributed by atoms with Crippen LogP contribution in [0.3, 0.4) is 0 Å². The van der Waals surface area contributed by atoms with Gasteiger partial charge in [0.1, 0.15) is 17.3 Å². The van der Waals surface area contributed by atoms with E-state index in [1.807, 2.05) is 6.92 Å². The minimum absolute atomic E-state index is 0.0870. The number of carbonyl (C=O) groups is 1. The number of benzene rings is 1. The van der Waals surface area contributed by atoms with Crippen molar-refractivity contribution in [1.82, 2.24) is 9.88 Å². The number of amides is 1. The largest absolute Gasteiger partial charge is 0.493 e. The molecule has 0 radical (unpaired) electrons. The van der Waals surface area contributed by atoms with E-state index in [1.165, 1.54) is 18.5 Å². The topological polar surface area (TPSA) is 55.6 Å². The number of aryl methyl sites for hydroxylation is 1. The van der Waals surface area contributed by atoms with E-state index in [0.29, 0.717) is 43.3 Å². The van der Waals surface area contributed by atoms with Gasteiger partial charge < -0.3 is 14.1 Å². The van der Waals surface area contributed by atoms with Crippen molar-refractivity contribution in [2.45, 2.75) is 26.2 Å². The minimum atomic E-state index is -0.314. The average Bonchev–Trinajstić information content (AvgIpc) is 3.08. The molecule has 1 fully saturated rings. The first-order valence-corrected chi connectivity index (χ1v) is 8.27. The molecule has 24 heavy (non-hydrogen) atoms. The molecule has 128 valence electrons. The third-order valence-electron chi connectivity index (χ3n) is 4.25. The van der Waals surface area contributed by atoms with Gasteiger partial charge in [0.25, 0.3) is 5.91 Å². The van der Waals surface area contributed by atoms with Crippen molar-refractivity contribution in [1.29, 1.82) is 0 Å². The molecule has 1 saturated heterocycles. The Labute approximate surface area is 140 Å². The SMILES string of the molecule is CCc1ocnc1C(=O)N1CCC[C@@H](COc2cccc(F)c2)C1. The molecule has 2 heterocycles. The first-order chi connectivity index (χ1) is 11.7. The monoisotopic (exact) mass is 332 g/mol. The summed E-state index contributed by atoms with van der Waals surface area (Å²) >= 11 is 0. The van der Waals surface area contributed by atoms with Crippen LogP contribution in [0.15, 0.2) is 35.1 Å². The van der Waals surface area contributed by atoms with Crippen LogP contribution in [0.4, 0.5) is 4.39 Å². The van der Waals surface area contributed by atoms with Crippen LogP contribution >= 0.6 is 0 Å². The van der Waals surface area contributed by atoms with Gasteiger partial charge in [0.2, 0.25) is 0 Å². The van der Waals surface area contributed by atoms with Crippen molar-refractivity contribution in [3.63, 3.8) is 0 Å². The standard InChI is InChI=1S/C18H21FN2O3/c1-2-16-17(20-12-24-16)18(22)21-8-4-5-13(10-21)11-23-15-7-3-6-14(19)9-15/h3,6-7,9,12-13H,2,4-5,8,10-11H2,1H3/t13-/m1/s1. The molecule has 1 atom stereocenters. The third-order valence-corrected chi connectivity index (χ3v) is 4.25. The van der Waals surface area contributed by atoms with E-state index in [9.17, 15) is 9.18 Å². The third kappa shape index (κ3) is 3.75. The highest BCUT2D eigenvalue weighted by Gasteiger charge is 2.28. The second-order valence-electron chi connectivity index (χ2n) is 6.01. The highest BCUT2D eigenvalue weighted by atomic mass is 19.1. The summed E-state index contributed by atoms with van der Waals surface area (Å²) in [6, 6.07) is 6.11. The van der Waals surface area contributed by atoms with Gasteiger partial charge in [-0.05, 0) is 25.0 Å². The molecule has 6 heteroatoms. The first kappa shape index (κ1) is 16.5. The molecule has 1 aliphatic rings. The number of hydrogen-bond acceptors (Lipinski definition) is 4. The van der Waals surface area contributed by atoms with Crippen LogP contribution in [0.5, 0.6) is 5.75 Å². The number of ether oxygens (including phenoxy) is 1. The molecule has 2 aromatic rings. The Bertz CT molecular complexity index is 701. The Kier molecular flexibility index (Phi) is 5.13. The van der Waals surface area contributed by atoms with Gasteiger partial charge in [-0.1, -0.05) is 13.0 Å². The zero-order valence-electron chi connectivity index (χ0n) is 13.7. The minimum Gasteiger partial charge on any atom is -0.493 e. The van der Waals surface area contributed by atoms with Crippen LogP contribution in [0.2, 0.25) is 0 Å².